The molecule has 88 valence electrons. The molecule has 0 bridgehead atoms. The maximum absolute atomic E-state index is 11.3. The molecule has 0 fully saturated rings. The molecule has 16 heavy (non-hydrogen) atoms. The van der Waals surface area contributed by atoms with Crippen molar-refractivity contribution in [3.63, 3.8) is 0 Å². The summed E-state index contributed by atoms with van der Waals surface area (Å²) < 4.78 is 4.74. The predicted molar refractivity (Wildman–Crippen MR) is 62.4 cm³/mol. The maximum Gasteiger partial charge on any atom is 0.339 e. The molecule has 1 N–H and O–H groups in total. The molecular weight excluding hydrogens is 206 g/mol. The highest BCUT2D eigenvalue weighted by Crippen LogP contribution is 2.18. The fourth-order valence-corrected chi connectivity index (χ4v) is 1.31. The largest absolute Gasteiger partial charge is 0.464 e. The van der Waals surface area contributed by atoms with Crippen LogP contribution in [-0.4, -0.2) is 31.8 Å². The first-order valence-electron chi connectivity index (χ1n) is 5.18. The molecule has 1 rings (SSSR count). The van der Waals surface area contributed by atoms with Gasteiger partial charge in [0.25, 0.3) is 0 Å². The molecule has 1 aromatic carbocycles. The second kappa shape index (κ2) is 5.51. The van der Waals surface area contributed by atoms with E-state index in [1.807, 2.05) is 31.1 Å². The van der Waals surface area contributed by atoms with Gasteiger partial charge in [0.1, 0.15) is 0 Å². The summed E-state index contributed by atoms with van der Waals surface area (Å²) in [5.41, 5.74) is 1.56. The standard InChI is InChI=1S/C12H17NO3/c1-4-16-12(15)11(14)9-5-7-10(8-6-9)13(2)3/h5-8,11,14H,4H2,1-3H3/t11-/m0/s1. The van der Waals surface area contributed by atoms with Crippen molar-refractivity contribution in [1.29, 1.82) is 0 Å². The first-order chi connectivity index (χ1) is 7.56. The summed E-state index contributed by atoms with van der Waals surface area (Å²) in [4.78, 5) is 13.2. The third-order valence-electron chi connectivity index (χ3n) is 2.24. The van der Waals surface area contributed by atoms with Crippen molar-refractivity contribution < 1.29 is 14.6 Å². The number of anilines is 1. The van der Waals surface area contributed by atoms with Crippen LogP contribution in [0.5, 0.6) is 0 Å². The van der Waals surface area contributed by atoms with Gasteiger partial charge in [-0.25, -0.2) is 4.79 Å². The van der Waals surface area contributed by atoms with Gasteiger partial charge in [-0.05, 0) is 24.6 Å². The monoisotopic (exact) mass is 223 g/mol. The summed E-state index contributed by atoms with van der Waals surface area (Å²) in [7, 11) is 3.85. The number of carbonyl (C=O) groups is 1. The van der Waals surface area contributed by atoms with Crippen LogP contribution < -0.4 is 4.90 Å². The van der Waals surface area contributed by atoms with E-state index in [-0.39, 0.29) is 6.61 Å². The number of hydrogen-bond donors (Lipinski definition) is 1. The number of esters is 1. The molecule has 0 aliphatic heterocycles. The third-order valence-corrected chi connectivity index (χ3v) is 2.24. The van der Waals surface area contributed by atoms with Gasteiger partial charge in [0.2, 0.25) is 0 Å². The van der Waals surface area contributed by atoms with Crippen LogP contribution in [0.1, 0.15) is 18.6 Å². The highest BCUT2D eigenvalue weighted by atomic mass is 16.5. The molecule has 1 aromatic rings. The van der Waals surface area contributed by atoms with E-state index in [9.17, 15) is 9.90 Å². The summed E-state index contributed by atoms with van der Waals surface area (Å²) in [6.07, 6.45) is -1.20. The van der Waals surface area contributed by atoms with Gasteiger partial charge in [-0.1, -0.05) is 12.1 Å². The van der Waals surface area contributed by atoms with Gasteiger partial charge < -0.3 is 14.7 Å². The van der Waals surface area contributed by atoms with Gasteiger partial charge in [0, 0.05) is 19.8 Å². The van der Waals surface area contributed by atoms with Crippen LogP contribution in [0, 0.1) is 0 Å². The Balaban J connectivity index is 2.77. The van der Waals surface area contributed by atoms with Crippen LogP contribution in [0.2, 0.25) is 0 Å². The Morgan fingerprint density at radius 1 is 1.38 bits per heavy atom. The van der Waals surface area contributed by atoms with E-state index in [1.54, 1.807) is 19.1 Å². The Bertz CT molecular complexity index is 346. The molecule has 0 unspecified atom stereocenters. The van der Waals surface area contributed by atoms with E-state index in [4.69, 9.17) is 4.74 Å². The van der Waals surface area contributed by atoms with Crippen LogP contribution >= 0.6 is 0 Å². The van der Waals surface area contributed by atoms with E-state index in [2.05, 4.69) is 0 Å². The van der Waals surface area contributed by atoms with Crippen molar-refractivity contribution in [3.05, 3.63) is 29.8 Å². The number of aliphatic hydroxyl groups excluding tert-OH is 1. The molecule has 1 atom stereocenters. The SMILES string of the molecule is CCOC(=O)[C@@H](O)c1ccc(N(C)C)cc1. The zero-order chi connectivity index (χ0) is 12.1. The maximum atomic E-state index is 11.3. The molecule has 0 spiro atoms. The number of carbonyl (C=O) groups excluding carboxylic acids is 1. The van der Waals surface area contributed by atoms with Crippen LogP contribution in [-0.2, 0) is 9.53 Å². The summed E-state index contributed by atoms with van der Waals surface area (Å²) in [5, 5.41) is 9.66. The summed E-state index contributed by atoms with van der Waals surface area (Å²) in [6, 6.07) is 7.13. The number of aliphatic hydroxyl groups is 1. The predicted octanol–water partition coefficient (Wildman–Crippen LogP) is 1.35. The molecule has 0 aliphatic carbocycles. The second-order valence-corrected chi connectivity index (χ2v) is 3.64. The average Bonchev–Trinajstić information content (AvgIpc) is 2.28. The Hall–Kier alpha value is -1.55. The van der Waals surface area contributed by atoms with E-state index < -0.39 is 12.1 Å². The molecular formula is C12H17NO3. The highest BCUT2D eigenvalue weighted by molar-refractivity contribution is 5.76. The lowest BCUT2D eigenvalue weighted by Gasteiger charge is -2.14. The van der Waals surface area contributed by atoms with Crippen molar-refractivity contribution in [1.82, 2.24) is 0 Å². The van der Waals surface area contributed by atoms with Gasteiger partial charge in [-0.3, -0.25) is 0 Å². The molecule has 4 nitrogen and oxygen atoms in total. The second-order valence-electron chi connectivity index (χ2n) is 3.64. The number of hydrogen-bond acceptors (Lipinski definition) is 4. The minimum Gasteiger partial charge on any atom is -0.464 e. The van der Waals surface area contributed by atoms with Crippen LogP contribution in [0.15, 0.2) is 24.3 Å². The fraction of sp³-hybridized carbons (Fsp3) is 0.417. The van der Waals surface area contributed by atoms with Crippen molar-refractivity contribution >= 4 is 11.7 Å². The van der Waals surface area contributed by atoms with Crippen molar-refractivity contribution in [3.8, 4) is 0 Å². The normalized spacial score (nSPS) is 12.0. The number of benzene rings is 1. The lowest BCUT2D eigenvalue weighted by Crippen LogP contribution is -2.15. The summed E-state index contributed by atoms with van der Waals surface area (Å²) in [5.74, 6) is -0.611. The molecule has 0 saturated carbocycles. The zero-order valence-electron chi connectivity index (χ0n) is 9.80. The van der Waals surface area contributed by atoms with Crippen LogP contribution in [0.4, 0.5) is 5.69 Å². The Morgan fingerprint density at radius 3 is 2.38 bits per heavy atom. The van der Waals surface area contributed by atoms with Crippen molar-refractivity contribution in [2.45, 2.75) is 13.0 Å². The summed E-state index contributed by atoms with van der Waals surface area (Å²) in [6.45, 7) is 1.98. The number of ether oxygens (including phenoxy) is 1. The van der Waals surface area contributed by atoms with Crippen LogP contribution in [0.25, 0.3) is 0 Å². The lowest BCUT2D eigenvalue weighted by atomic mass is 10.1. The third kappa shape index (κ3) is 2.97. The van der Waals surface area contributed by atoms with E-state index in [0.717, 1.165) is 5.69 Å². The molecule has 0 heterocycles. The van der Waals surface area contributed by atoms with E-state index >= 15 is 0 Å². The van der Waals surface area contributed by atoms with Gasteiger partial charge in [-0.15, -0.1) is 0 Å². The Labute approximate surface area is 95.5 Å². The molecule has 4 heteroatoms. The van der Waals surface area contributed by atoms with Gasteiger partial charge in [-0.2, -0.15) is 0 Å². The molecule has 0 radical (unpaired) electrons. The quantitative estimate of drug-likeness (QED) is 0.783. The Morgan fingerprint density at radius 2 is 1.94 bits per heavy atom. The fourth-order valence-electron chi connectivity index (χ4n) is 1.31. The number of rotatable bonds is 4. The van der Waals surface area contributed by atoms with Gasteiger partial charge in [0.05, 0.1) is 6.61 Å². The minimum absolute atomic E-state index is 0.270. The van der Waals surface area contributed by atoms with Crippen molar-refractivity contribution in [2.24, 2.45) is 0 Å². The topological polar surface area (TPSA) is 49.8 Å². The Kier molecular flexibility index (Phi) is 4.31. The van der Waals surface area contributed by atoms with Crippen LogP contribution in [0.3, 0.4) is 0 Å². The van der Waals surface area contributed by atoms with Crippen molar-refractivity contribution in [2.75, 3.05) is 25.6 Å². The summed E-state index contributed by atoms with van der Waals surface area (Å²) >= 11 is 0. The first-order valence-corrected chi connectivity index (χ1v) is 5.18. The lowest BCUT2D eigenvalue weighted by molar-refractivity contribution is -0.153. The first kappa shape index (κ1) is 12.5. The van der Waals surface area contributed by atoms with Gasteiger partial charge >= 0.3 is 5.97 Å². The molecule has 0 amide bonds. The zero-order valence-corrected chi connectivity index (χ0v) is 9.80. The van der Waals surface area contributed by atoms with E-state index in [1.165, 1.54) is 0 Å². The average molecular weight is 223 g/mol. The van der Waals surface area contributed by atoms with E-state index in [0.29, 0.717) is 5.56 Å². The highest BCUT2D eigenvalue weighted by Gasteiger charge is 2.18. The molecule has 0 aromatic heterocycles. The minimum atomic E-state index is -1.20. The molecule has 0 saturated heterocycles. The smallest absolute Gasteiger partial charge is 0.339 e. The molecule has 0 aliphatic rings. The van der Waals surface area contributed by atoms with Gasteiger partial charge in [0.15, 0.2) is 6.10 Å². The number of nitrogens with zero attached hydrogens (tertiary/aromatic N) is 1.